The van der Waals surface area contributed by atoms with E-state index in [1.54, 1.807) is 11.5 Å². The smallest absolute Gasteiger partial charge is 0.263 e. The Morgan fingerprint density at radius 2 is 1.55 bits per heavy atom. The van der Waals surface area contributed by atoms with Crippen molar-refractivity contribution in [2.24, 2.45) is 0 Å². The Morgan fingerprint density at radius 3 is 2.14 bits per heavy atom. The van der Waals surface area contributed by atoms with Crippen molar-refractivity contribution in [3.8, 4) is 22.5 Å². The van der Waals surface area contributed by atoms with Gasteiger partial charge in [0.25, 0.3) is 5.56 Å². The van der Waals surface area contributed by atoms with Crippen LogP contribution in [0.3, 0.4) is 0 Å². The Labute approximate surface area is 173 Å². The van der Waals surface area contributed by atoms with E-state index in [-0.39, 0.29) is 11.3 Å². The van der Waals surface area contributed by atoms with Gasteiger partial charge >= 0.3 is 0 Å². The molecule has 0 atom stereocenters. The standard InChI is InChI=1S/C24H22N2O2S/c1-15-4-8-18(9-5-15)20-14-29-23-21(20)24(28)26(13-12-17(3)27)22(25-23)19-10-6-16(2)7-11-19/h4-11,14H,12-13H2,1-3H3. The molecule has 5 heteroatoms. The lowest BCUT2D eigenvalue weighted by molar-refractivity contribution is -0.117. The first-order valence-corrected chi connectivity index (χ1v) is 10.5. The number of aromatic nitrogens is 2. The van der Waals surface area contributed by atoms with Crippen LogP contribution in [-0.4, -0.2) is 15.3 Å². The molecule has 4 aromatic rings. The van der Waals surface area contributed by atoms with Crippen molar-refractivity contribution in [2.75, 3.05) is 0 Å². The molecule has 0 radical (unpaired) electrons. The third kappa shape index (κ3) is 3.78. The molecule has 0 unspecified atom stereocenters. The predicted octanol–water partition coefficient (Wildman–Crippen LogP) is 5.39. The number of benzene rings is 2. The van der Waals surface area contributed by atoms with E-state index < -0.39 is 0 Å². The summed E-state index contributed by atoms with van der Waals surface area (Å²) in [6.45, 7) is 5.93. The maximum absolute atomic E-state index is 13.5. The quantitative estimate of drug-likeness (QED) is 0.450. The van der Waals surface area contributed by atoms with Crippen LogP contribution in [0.25, 0.3) is 32.7 Å². The summed E-state index contributed by atoms with van der Waals surface area (Å²) in [5.41, 5.74) is 5.00. The number of nitrogens with zero attached hydrogens (tertiary/aromatic N) is 2. The maximum atomic E-state index is 13.5. The van der Waals surface area contributed by atoms with Gasteiger partial charge in [0, 0.05) is 29.5 Å². The molecule has 0 spiro atoms. The fourth-order valence-electron chi connectivity index (χ4n) is 3.37. The van der Waals surface area contributed by atoms with Gasteiger partial charge in [-0.1, -0.05) is 59.7 Å². The second kappa shape index (κ2) is 7.76. The van der Waals surface area contributed by atoms with Crippen molar-refractivity contribution in [1.29, 1.82) is 0 Å². The van der Waals surface area contributed by atoms with Crippen LogP contribution in [-0.2, 0) is 11.3 Å². The Balaban J connectivity index is 1.95. The number of fused-ring (bicyclic) bond motifs is 1. The zero-order valence-electron chi connectivity index (χ0n) is 16.7. The van der Waals surface area contributed by atoms with Gasteiger partial charge in [0.05, 0.1) is 5.39 Å². The highest BCUT2D eigenvalue weighted by atomic mass is 32.1. The summed E-state index contributed by atoms with van der Waals surface area (Å²) in [6, 6.07) is 16.1. The van der Waals surface area contributed by atoms with Crippen molar-refractivity contribution < 1.29 is 4.79 Å². The molecule has 0 saturated carbocycles. The van der Waals surface area contributed by atoms with Gasteiger partial charge in [-0.2, -0.15) is 0 Å². The molecule has 4 nitrogen and oxygen atoms in total. The van der Waals surface area contributed by atoms with Crippen LogP contribution in [0, 0.1) is 13.8 Å². The van der Waals surface area contributed by atoms with Crippen molar-refractivity contribution in [3.63, 3.8) is 0 Å². The fraction of sp³-hybridized carbons (Fsp3) is 0.208. The van der Waals surface area contributed by atoms with E-state index in [1.165, 1.54) is 16.9 Å². The summed E-state index contributed by atoms with van der Waals surface area (Å²) >= 11 is 1.48. The molecule has 0 bridgehead atoms. The van der Waals surface area contributed by atoms with E-state index in [9.17, 15) is 9.59 Å². The number of rotatable bonds is 5. The average molecular weight is 403 g/mol. The van der Waals surface area contributed by atoms with Gasteiger partial charge in [-0.05, 0) is 26.3 Å². The van der Waals surface area contributed by atoms with Crippen LogP contribution in [0.4, 0.5) is 0 Å². The number of ketones is 1. The van der Waals surface area contributed by atoms with Gasteiger partial charge in [0.15, 0.2) is 0 Å². The molecule has 0 fully saturated rings. The predicted molar refractivity (Wildman–Crippen MR) is 120 cm³/mol. The van der Waals surface area contributed by atoms with E-state index in [1.807, 2.05) is 67.8 Å². The molecule has 29 heavy (non-hydrogen) atoms. The summed E-state index contributed by atoms with van der Waals surface area (Å²) in [4.78, 5) is 30.7. The number of Topliss-reactive ketones (excluding diaryl/α,β-unsaturated/α-hetero) is 1. The topological polar surface area (TPSA) is 52.0 Å². The van der Waals surface area contributed by atoms with Crippen LogP contribution in [0.5, 0.6) is 0 Å². The Hall–Kier alpha value is -3.05. The molecule has 2 heterocycles. The maximum Gasteiger partial charge on any atom is 0.263 e. The lowest BCUT2D eigenvalue weighted by atomic mass is 10.0. The SMILES string of the molecule is CC(=O)CCn1c(-c2ccc(C)cc2)nc2scc(-c3ccc(C)cc3)c2c1=O. The molecule has 0 saturated heterocycles. The van der Waals surface area contributed by atoms with E-state index in [2.05, 4.69) is 0 Å². The number of hydrogen-bond donors (Lipinski definition) is 0. The number of aryl methyl sites for hydroxylation is 2. The highest BCUT2D eigenvalue weighted by molar-refractivity contribution is 7.17. The second-order valence-electron chi connectivity index (χ2n) is 7.41. The highest BCUT2D eigenvalue weighted by Crippen LogP contribution is 2.32. The van der Waals surface area contributed by atoms with Crippen molar-refractivity contribution in [3.05, 3.63) is 75.4 Å². The Morgan fingerprint density at radius 1 is 0.966 bits per heavy atom. The first kappa shape index (κ1) is 19.3. The van der Waals surface area contributed by atoms with Gasteiger partial charge in [0.1, 0.15) is 16.4 Å². The van der Waals surface area contributed by atoms with Gasteiger partial charge in [-0.3, -0.25) is 14.2 Å². The first-order valence-electron chi connectivity index (χ1n) is 9.59. The summed E-state index contributed by atoms with van der Waals surface area (Å²) in [7, 11) is 0. The molecule has 2 aromatic heterocycles. The van der Waals surface area contributed by atoms with Crippen LogP contribution >= 0.6 is 11.3 Å². The van der Waals surface area contributed by atoms with Crippen molar-refractivity contribution in [2.45, 2.75) is 33.7 Å². The van der Waals surface area contributed by atoms with Crippen molar-refractivity contribution >= 4 is 27.3 Å². The average Bonchev–Trinajstić information content (AvgIpc) is 3.12. The van der Waals surface area contributed by atoms with E-state index in [4.69, 9.17) is 4.98 Å². The number of carbonyl (C=O) groups is 1. The zero-order valence-corrected chi connectivity index (χ0v) is 17.5. The fourth-order valence-corrected chi connectivity index (χ4v) is 4.31. The molecular weight excluding hydrogens is 380 g/mol. The van der Waals surface area contributed by atoms with E-state index in [0.29, 0.717) is 24.2 Å². The first-order chi connectivity index (χ1) is 13.9. The molecule has 0 amide bonds. The molecule has 0 N–H and O–H groups in total. The summed E-state index contributed by atoms with van der Waals surface area (Å²) in [6.07, 6.45) is 0.302. The van der Waals surface area contributed by atoms with Crippen LogP contribution < -0.4 is 5.56 Å². The highest BCUT2D eigenvalue weighted by Gasteiger charge is 2.18. The number of carbonyl (C=O) groups excluding carboxylic acids is 1. The van der Waals surface area contributed by atoms with E-state index >= 15 is 0 Å². The summed E-state index contributed by atoms with van der Waals surface area (Å²) in [5.74, 6) is 0.664. The monoisotopic (exact) mass is 402 g/mol. The Bertz CT molecular complexity index is 1250. The molecular formula is C24H22N2O2S. The Kier molecular flexibility index (Phi) is 5.16. The lowest BCUT2D eigenvalue weighted by Crippen LogP contribution is -2.24. The van der Waals surface area contributed by atoms with E-state index in [0.717, 1.165) is 27.1 Å². The van der Waals surface area contributed by atoms with Crippen LogP contribution in [0.2, 0.25) is 0 Å². The molecule has 146 valence electrons. The minimum absolute atomic E-state index is 0.0518. The van der Waals surface area contributed by atoms with Gasteiger partial charge < -0.3 is 0 Å². The third-order valence-electron chi connectivity index (χ3n) is 5.05. The van der Waals surface area contributed by atoms with Gasteiger partial charge in [-0.25, -0.2) is 4.98 Å². The molecule has 2 aromatic carbocycles. The van der Waals surface area contributed by atoms with Gasteiger partial charge in [-0.15, -0.1) is 11.3 Å². The van der Waals surface area contributed by atoms with Crippen molar-refractivity contribution in [1.82, 2.24) is 9.55 Å². The summed E-state index contributed by atoms with van der Waals surface area (Å²) in [5, 5.41) is 2.62. The van der Waals surface area contributed by atoms with Crippen LogP contribution in [0.15, 0.2) is 58.7 Å². The van der Waals surface area contributed by atoms with Gasteiger partial charge in [0.2, 0.25) is 0 Å². The minimum Gasteiger partial charge on any atom is -0.300 e. The zero-order chi connectivity index (χ0) is 20.5. The van der Waals surface area contributed by atoms with Crippen LogP contribution in [0.1, 0.15) is 24.5 Å². The molecule has 0 aliphatic carbocycles. The normalized spacial score (nSPS) is 11.1. The number of hydrogen-bond acceptors (Lipinski definition) is 4. The third-order valence-corrected chi connectivity index (χ3v) is 5.93. The second-order valence-corrected chi connectivity index (χ2v) is 8.26. The number of thiophene rings is 1. The molecule has 0 aliphatic rings. The minimum atomic E-state index is -0.0938. The largest absolute Gasteiger partial charge is 0.300 e. The lowest BCUT2D eigenvalue weighted by Gasteiger charge is -2.13. The molecule has 4 rings (SSSR count). The molecule has 0 aliphatic heterocycles. The summed E-state index contributed by atoms with van der Waals surface area (Å²) < 4.78 is 1.65.